The molecule has 4 rings (SSSR count). The van der Waals surface area contributed by atoms with Crippen LogP contribution >= 0.6 is 0 Å². The van der Waals surface area contributed by atoms with Crippen LogP contribution in [0.5, 0.6) is 5.75 Å². The van der Waals surface area contributed by atoms with E-state index < -0.39 is 22.8 Å². The Morgan fingerprint density at radius 3 is 2.50 bits per heavy atom. The number of carbonyl (C=O) groups excluding carboxylic acids is 3. The highest BCUT2D eigenvalue weighted by Crippen LogP contribution is 2.30. The third kappa shape index (κ3) is 3.81. The molecule has 0 saturated carbocycles. The highest BCUT2D eigenvalue weighted by Gasteiger charge is 2.36. The summed E-state index contributed by atoms with van der Waals surface area (Å²) in [6.45, 7) is 0.248. The fraction of sp³-hybridized carbons (Fsp3) is 0.136. The first-order chi connectivity index (χ1) is 15.4. The maximum Gasteiger partial charge on any atom is 0.319 e. The van der Waals surface area contributed by atoms with Crippen molar-refractivity contribution in [2.45, 2.75) is 6.42 Å². The van der Waals surface area contributed by atoms with Crippen LogP contribution in [-0.4, -0.2) is 45.9 Å². The molecule has 10 nitrogen and oxygen atoms in total. The molecule has 0 aliphatic carbocycles. The smallest absolute Gasteiger partial charge is 0.319 e. The molecule has 0 spiro atoms. The molecule has 32 heavy (non-hydrogen) atoms. The van der Waals surface area contributed by atoms with E-state index in [1.807, 2.05) is 0 Å². The molecule has 10 heteroatoms. The summed E-state index contributed by atoms with van der Waals surface area (Å²) in [7, 11) is 0. The van der Waals surface area contributed by atoms with Gasteiger partial charge in [-0.15, -0.1) is 0 Å². The number of amides is 4. The number of urea groups is 1. The predicted octanol–water partition coefficient (Wildman–Crippen LogP) is 3.26. The number of hydrogen-bond donors (Lipinski definition) is 3. The summed E-state index contributed by atoms with van der Waals surface area (Å²) in [5, 5.41) is 27.5. The van der Waals surface area contributed by atoms with Crippen LogP contribution in [0.1, 0.15) is 27.1 Å². The minimum atomic E-state index is -0.624. The quantitative estimate of drug-likeness (QED) is 0.235. The van der Waals surface area contributed by atoms with Crippen molar-refractivity contribution in [1.29, 1.82) is 0 Å². The van der Waals surface area contributed by atoms with Crippen molar-refractivity contribution in [3.8, 4) is 5.75 Å². The first-order valence-corrected chi connectivity index (χ1v) is 9.77. The second-order valence-electron chi connectivity index (χ2n) is 7.16. The summed E-state index contributed by atoms with van der Waals surface area (Å²) >= 11 is 0. The van der Waals surface area contributed by atoms with Crippen LogP contribution in [0.2, 0.25) is 0 Å². The molecule has 1 aliphatic heterocycles. The van der Waals surface area contributed by atoms with Gasteiger partial charge in [0.05, 0.1) is 21.7 Å². The molecular formula is C22H18N4O6. The number of aromatic hydroxyl groups is 1. The first-order valence-electron chi connectivity index (χ1n) is 9.77. The molecule has 3 N–H and O–H groups in total. The molecule has 162 valence electrons. The predicted molar refractivity (Wildman–Crippen MR) is 116 cm³/mol. The third-order valence-electron chi connectivity index (χ3n) is 5.16. The fourth-order valence-corrected chi connectivity index (χ4v) is 3.60. The van der Waals surface area contributed by atoms with Crippen LogP contribution in [0.25, 0.3) is 10.8 Å². The Balaban J connectivity index is 1.32. The number of imide groups is 1. The first kappa shape index (κ1) is 20.8. The van der Waals surface area contributed by atoms with Crippen LogP contribution in [-0.2, 0) is 0 Å². The Morgan fingerprint density at radius 1 is 1.00 bits per heavy atom. The van der Waals surface area contributed by atoms with Crippen LogP contribution < -0.4 is 10.6 Å². The number of phenolic OH excluding ortho intramolecular Hbond substituents is 1. The zero-order valence-corrected chi connectivity index (χ0v) is 16.7. The number of fused-ring (bicyclic) bond motifs is 2. The number of benzene rings is 3. The third-order valence-corrected chi connectivity index (χ3v) is 5.16. The van der Waals surface area contributed by atoms with Gasteiger partial charge in [-0.25, -0.2) is 4.79 Å². The van der Waals surface area contributed by atoms with Crippen molar-refractivity contribution in [2.24, 2.45) is 0 Å². The van der Waals surface area contributed by atoms with Crippen molar-refractivity contribution in [2.75, 3.05) is 18.4 Å². The highest BCUT2D eigenvalue weighted by atomic mass is 16.6. The van der Waals surface area contributed by atoms with Gasteiger partial charge in [0.25, 0.3) is 17.5 Å². The lowest BCUT2D eigenvalue weighted by atomic mass is 10.1. The molecule has 0 atom stereocenters. The van der Waals surface area contributed by atoms with Gasteiger partial charge in [0.15, 0.2) is 0 Å². The van der Waals surface area contributed by atoms with E-state index in [0.717, 1.165) is 11.0 Å². The molecule has 4 amide bonds. The average molecular weight is 434 g/mol. The molecule has 0 fully saturated rings. The normalized spacial score (nSPS) is 12.7. The van der Waals surface area contributed by atoms with E-state index in [4.69, 9.17) is 0 Å². The van der Waals surface area contributed by atoms with Crippen molar-refractivity contribution in [3.05, 3.63) is 75.8 Å². The van der Waals surface area contributed by atoms with Crippen molar-refractivity contribution in [1.82, 2.24) is 10.2 Å². The van der Waals surface area contributed by atoms with E-state index in [9.17, 15) is 29.6 Å². The standard InChI is InChI=1S/C22H18N4O6/c27-19-7-2-4-14-15(19)5-1-6-18(14)24-22(30)23-10-3-11-25-20(28)16-9-8-13(26(31)32)12-17(16)21(25)29/h1-2,4-9,12,27H,3,10-11H2,(H2,23,24,30). The minimum Gasteiger partial charge on any atom is -0.507 e. The number of rotatable bonds is 6. The molecule has 3 aromatic rings. The molecule has 0 bridgehead atoms. The lowest BCUT2D eigenvalue weighted by Gasteiger charge is -2.14. The van der Waals surface area contributed by atoms with Gasteiger partial charge in [0.2, 0.25) is 0 Å². The molecule has 3 aromatic carbocycles. The number of carbonyl (C=O) groups is 3. The summed E-state index contributed by atoms with van der Waals surface area (Å²) in [4.78, 5) is 48.4. The topological polar surface area (TPSA) is 142 Å². The molecule has 0 unspecified atom stereocenters. The number of nitrogens with one attached hydrogen (secondary N) is 2. The number of anilines is 1. The van der Waals surface area contributed by atoms with E-state index in [1.165, 1.54) is 12.1 Å². The van der Waals surface area contributed by atoms with E-state index in [-0.39, 0.29) is 35.7 Å². The number of non-ortho nitro benzene ring substituents is 1. The number of phenols is 1. The Labute approximate surface area is 181 Å². The second kappa shape index (κ2) is 8.34. The van der Waals surface area contributed by atoms with Gasteiger partial charge in [-0.05, 0) is 24.6 Å². The van der Waals surface area contributed by atoms with E-state index >= 15 is 0 Å². The molecular weight excluding hydrogens is 416 g/mol. The summed E-state index contributed by atoms with van der Waals surface area (Å²) in [5.74, 6) is -0.994. The van der Waals surface area contributed by atoms with Crippen molar-refractivity contribution < 1.29 is 24.4 Å². The van der Waals surface area contributed by atoms with Gasteiger partial charge in [0, 0.05) is 36.0 Å². The maximum absolute atomic E-state index is 12.5. The van der Waals surface area contributed by atoms with Crippen LogP contribution in [0.3, 0.4) is 0 Å². The van der Waals surface area contributed by atoms with Gasteiger partial charge >= 0.3 is 6.03 Å². The maximum atomic E-state index is 12.5. The minimum absolute atomic E-state index is 0.00844. The number of hydrogen-bond acceptors (Lipinski definition) is 6. The van der Waals surface area contributed by atoms with Crippen LogP contribution in [0.4, 0.5) is 16.2 Å². The van der Waals surface area contributed by atoms with E-state index in [2.05, 4.69) is 10.6 Å². The molecule has 1 aliphatic rings. The largest absolute Gasteiger partial charge is 0.507 e. The van der Waals surface area contributed by atoms with Gasteiger partial charge < -0.3 is 15.7 Å². The zero-order chi connectivity index (χ0) is 22.8. The van der Waals surface area contributed by atoms with E-state index in [1.54, 1.807) is 36.4 Å². The number of nitro groups is 1. The number of nitrogens with zero attached hydrogens (tertiary/aromatic N) is 2. The lowest BCUT2D eigenvalue weighted by molar-refractivity contribution is -0.384. The second-order valence-corrected chi connectivity index (χ2v) is 7.16. The van der Waals surface area contributed by atoms with Crippen LogP contribution in [0.15, 0.2) is 54.6 Å². The molecule has 0 radical (unpaired) electrons. The SMILES string of the molecule is O=C(NCCCN1C(=O)c2ccc([N+](=O)[O-])cc2C1=O)Nc1cccc2c(O)cccc12. The number of nitro benzene ring substituents is 1. The van der Waals surface area contributed by atoms with Gasteiger partial charge in [-0.1, -0.05) is 24.3 Å². The Kier molecular flexibility index (Phi) is 5.42. The molecule has 0 aromatic heterocycles. The summed E-state index contributed by atoms with van der Waals surface area (Å²) in [6, 6.07) is 13.3. The summed E-state index contributed by atoms with van der Waals surface area (Å²) in [5.41, 5.74) is 0.407. The average Bonchev–Trinajstić information content (AvgIpc) is 3.01. The molecule has 1 heterocycles. The van der Waals surface area contributed by atoms with Gasteiger partial charge in [-0.3, -0.25) is 24.6 Å². The monoisotopic (exact) mass is 434 g/mol. The van der Waals surface area contributed by atoms with Crippen molar-refractivity contribution in [3.63, 3.8) is 0 Å². The lowest BCUT2D eigenvalue weighted by Crippen LogP contribution is -2.35. The Bertz CT molecular complexity index is 1270. The van der Waals surface area contributed by atoms with Gasteiger partial charge in [-0.2, -0.15) is 0 Å². The summed E-state index contributed by atoms with van der Waals surface area (Å²) in [6.07, 6.45) is 0.303. The van der Waals surface area contributed by atoms with Crippen molar-refractivity contribution >= 4 is 40.0 Å². The van der Waals surface area contributed by atoms with Crippen LogP contribution in [0, 0.1) is 10.1 Å². The highest BCUT2D eigenvalue weighted by molar-refractivity contribution is 6.21. The summed E-state index contributed by atoms with van der Waals surface area (Å²) < 4.78 is 0. The zero-order valence-electron chi connectivity index (χ0n) is 16.7. The Hall–Kier alpha value is -4.47. The molecule has 0 saturated heterocycles. The van der Waals surface area contributed by atoms with E-state index in [0.29, 0.717) is 22.9 Å². The Morgan fingerprint density at radius 2 is 1.72 bits per heavy atom. The fourth-order valence-electron chi connectivity index (χ4n) is 3.60. The van der Waals surface area contributed by atoms with Gasteiger partial charge in [0.1, 0.15) is 5.75 Å².